The number of aromatic nitrogens is 2. The molecule has 1 aromatic heterocycles. The lowest BCUT2D eigenvalue weighted by Gasteiger charge is -2.11. The second kappa shape index (κ2) is 4.72. The van der Waals surface area contributed by atoms with Crippen molar-refractivity contribution in [1.82, 2.24) is 9.78 Å². The van der Waals surface area contributed by atoms with Crippen LogP contribution in [0.4, 0.5) is 0 Å². The molecule has 0 aliphatic rings. The molecule has 4 heteroatoms. The summed E-state index contributed by atoms with van der Waals surface area (Å²) in [4.78, 5) is 11.3. The molecule has 0 aliphatic carbocycles. The van der Waals surface area contributed by atoms with E-state index in [-0.39, 0.29) is 5.92 Å². The molecule has 0 saturated carbocycles. The minimum absolute atomic E-state index is 0.176. The smallest absolute Gasteiger partial charge is 0.255 e. The molecule has 0 aliphatic heterocycles. The van der Waals surface area contributed by atoms with E-state index in [1.807, 2.05) is 44.2 Å². The lowest BCUT2D eigenvalue weighted by atomic mass is 10.1. The molecule has 0 unspecified atom stereocenters. The molecule has 1 aromatic carbocycles. The highest BCUT2D eigenvalue weighted by Crippen LogP contribution is 2.23. The number of carbonyl (C=O) groups is 1. The third-order valence-corrected chi connectivity index (χ3v) is 2.77. The number of benzene rings is 1. The van der Waals surface area contributed by atoms with Gasteiger partial charge in [-0.05, 0) is 29.7 Å². The Bertz CT molecular complexity index is 532. The van der Waals surface area contributed by atoms with Gasteiger partial charge in [-0.15, -0.1) is 0 Å². The van der Waals surface area contributed by atoms with Crippen LogP contribution in [0.2, 0.25) is 0 Å². The van der Waals surface area contributed by atoms with Crippen LogP contribution in [0, 0.1) is 0 Å². The van der Waals surface area contributed by atoms with Gasteiger partial charge in [0.2, 0.25) is 0 Å². The average molecular weight is 249 g/mol. The number of hydrogen-bond acceptors (Lipinski definition) is 2. The van der Waals surface area contributed by atoms with Crippen LogP contribution >= 0.6 is 11.6 Å². The summed E-state index contributed by atoms with van der Waals surface area (Å²) in [6, 6.07) is 9.70. The highest BCUT2D eigenvalue weighted by Gasteiger charge is 2.19. The van der Waals surface area contributed by atoms with E-state index >= 15 is 0 Å². The SMILES string of the molecule is CC(C)c1c(C(=O)Cl)cnn1-c1ccccc1. The van der Waals surface area contributed by atoms with Gasteiger partial charge in [-0.1, -0.05) is 32.0 Å². The van der Waals surface area contributed by atoms with E-state index < -0.39 is 5.24 Å². The van der Waals surface area contributed by atoms with Crippen molar-refractivity contribution in [2.75, 3.05) is 0 Å². The summed E-state index contributed by atoms with van der Waals surface area (Å²) in [5.74, 6) is 0.176. The summed E-state index contributed by atoms with van der Waals surface area (Å²) in [5.41, 5.74) is 2.25. The molecule has 0 radical (unpaired) electrons. The second-order valence-electron chi connectivity index (χ2n) is 4.12. The zero-order valence-electron chi connectivity index (χ0n) is 9.72. The minimum atomic E-state index is -0.462. The van der Waals surface area contributed by atoms with Crippen LogP contribution < -0.4 is 0 Å². The number of para-hydroxylation sites is 1. The lowest BCUT2D eigenvalue weighted by Crippen LogP contribution is -2.06. The van der Waals surface area contributed by atoms with Gasteiger partial charge in [0.25, 0.3) is 5.24 Å². The molecule has 0 fully saturated rings. The average Bonchev–Trinajstić information content (AvgIpc) is 2.74. The molecule has 2 aromatic rings. The lowest BCUT2D eigenvalue weighted by molar-refractivity contribution is 0.108. The Labute approximate surface area is 105 Å². The van der Waals surface area contributed by atoms with Crippen molar-refractivity contribution in [3.05, 3.63) is 47.8 Å². The predicted octanol–water partition coefficient (Wildman–Crippen LogP) is 3.37. The van der Waals surface area contributed by atoms with Gasteiger partial charge in [-0.25, -0.2) is 4.68 Å². The zero-order valence-corrected chi connectivity index (χ0v) is 10.5. The van der Waals surface area contributed by atoms with Gasteiger partial charge in [-0.3, -0.25) is 4.79 Å². The summed E-state index contributed by atoms with van der Waals surface area (Å²) >= 11 is 5.56. The van der Waals surface area contributed by atoms with Gasteiger partial charge in [0.15, 0.2) is 0 Å². The van der Waals surface area contributed by atoms with Gasteiger partial charge in [0, 0.05) is 0 Å². The number of hydrogen-bond donors (Lipinski definition) is 0. The van der Waals surface area contributed by atoms with E-state index in [4.69, 9.17) is 11.6 Å². The Balaban J connectivity index is 2.60. The highest BCUT2D eigenvalue weighted by molar-refractivity contribution is 6.67. The first-order chi connectivity index (χ1) is 8.11. The topological polar surface area (TPSA) is 34.9 Å². The van der Waals surface area contributed by atoms with Gasteiger partial charge < -0.3 is 0 Å². The molecule has 0 atom stereocenters. The summed E-state index contributed by atoms with van der Waals surface area (Å²) < 4.78 is 1.76. The molecule has 0 bridgehead atoms. The number of rotatable bonds is 3. The maximum atomic E-state index is 11.3. The normalized spacial score (nSPS) is 10.8. The summed E-state index contributed by atoms with van der Waals surface area (Å²) in [5, 5.41) is 3.78. The van der Waals surface area contributed by atoms with E-state index in [0.717, 1.165) is 11.4 Å². The van der Waals surface area contributed by atoms with Crippen LogP contribution in [0.25, 0.3) is 5.69 Å². The molecule has 0 amide bonds. The Kier molecular flexibility index (Phi) is 3.29. The molecule has 0 saturated heterocycles. The molecular weight excluding hydrogens is 236 g/mol. The molecule has 17 heavy (non-hydrogen) atoms. The third-order valence-electron chi connectivity index (χ3n) is 2.57. The Morgan fingerprint density at radius 3 is 2.47 bits per heavy atom. The highest BCUT2D eigenvalue weighted by atomic mass is 35.5. The van der Waals surface area contributed by atoms with Gasteiger partial charge in [0.05, 0.1) is 23.1 Å². The zero-order chi connectivity index (χ0) is 12.4. The molecule has 1 heterocycles. The molecule has 0 spiro atoms. The van der Waals surface area contributed by atoms with Crippen molar-refractivity contribution in [3.8, 4) is 5.69 Å². The Morgan fingerprint density at radius 1 is 1.29 bits per heavy atom. The Hall–Kier alpha value is -1.61. The van der Waals surface area contributed by atoms with Crippen molar-refractivity contribution in [3.63, 3.8) is 0 Å². The van der Waals surface area contributed by atoms with Crippen molar-refractivity contribution in [2.45, 2.75) is 19.8 Å². The standard InChI is InChI=1S/C13H13ClN2O/c1-9(2)12-11(13(14)17)8-15-16(12)10-6-4-3-5-7-10/h3-9H,1-2H3. The molecule has 0 N–H and O–H groups in total. The summed E-state index contributed by atoms with van der Waals surface area (Å²) in [6.07, 6.45) is 1.53. The van der Waals surface area contributed by atoms with Crippen LogP contribution in [-0.4, -0.2) is 15.0 Å². The van der Waals surface area contributed by atoms with E-state index in [1.54, 1.807) is 4.68 Å². The van der Waals surface area contributed by atoms with E-state index in [1.165, 1.54) is 6.20 Å². The van der Waals surface area contributed by atoms with E-state index in [9.17, 15) is 4.79 Å². The monoisotopic (exact) mass is 248 g/mol. The van der Waals surface area contributed by atoms with Crippen LogP contribution in [0.5, 0.6) is 0 Å². The fourth-order valence-corrected chi connectivity index (χ4v) is 1.99. The Morgan fingerprint density at radius 2 is 1.94 bits per heavy atom. The largest absolute Gasteiger partial charge is 0.275 e. The van der Waals surface area contributed by atoms with Crippen molar-refractivity contribution in [2.24, 2.45) is 0 Å². The van der Waals surface area contributed by atoms with Gasteiger partial charge >= 0.3 is 0 Å². The quantitative estimate of drug-likeness (QED) is 0.781. The fourth-order valence-electron chi connectivity index (χ4n) is 1.84. The maximum absolute atomic E-state index is 11.3. The number of halogens is 1. The summed E-state index contributed by atoms with van der Waals surface area (Å²) in [7, 11) is 0. The molecule has 2 rings (SSSR count). The first-order valence-electron chi connectivity index (χ1n) is 5.44. The van der Waals surface area contributed by atoms with Crippen molar-refractivity contribution >= 4 is 16.8 Å². The van der Waals surface area contributed by atoms with E-state index in [2.05, 4.69) is 5.10 Å². The van der Waals surface area contributed by atoms with Gasteiger partial charge in [-0.2, -0.15) is 5.10 Å². The molecule has 3 nitrogen and oxygen atoms in total. The molecular formula is C13H13ClN2O. The van der Waals surface area contributed by atoms with Crippen LogP contribution in [0.3, 0.4) is 0 Å². The minimum Gasteiger partial charge on any atom is -0.275 e. The summed E-state index contributed by atoms with van der Waals surface area (Å²) in [6.45, 7) is 4.03. The van der Waals surface area contributed by atoms with Gasteiger partial charge in [0.1, 0.15) is 0 Å². The van der Waals surface area contributed by atoms with Crippen LogP contribution in [-0.2, 0) is 0 Å². The van der Waals surface area contributed by atoms with Crippen LogP contribution in [0.1, 0.15) is 35.8 Å². The number of carbonyl (C=O) groups excluding carboxylic acids is 1. The van der Waals surface area contributed by atoms with Crippen LogP contribution in [0.15, 0.2) is 36.5 Å². The fraction of sp³-hybridized carbons (Fsp3) is 0.231. The second-order valence-corrected chi connectivity index (χ2v) is 4.46. The van der Waals surface area contributed by atoms with Crippen molar-refractivity contribution in [1.29, 1.82) is 0 Å². The number of nitrogens with zero attached hydrogens (tertiary/aromatic N) is 2. The first kappa shape index (κ1) is 11.9. The van der Waals surface area contributed by atoms with E-state index in [0.29, 0.717) is 5.56 Å². The van der Waals surface area contributed by atoms with Crippen molar-refractivity contribution < 1.29 is 4.79 Å². The third kappa shape index (κ3) is 2.24. The predicted molar refractivity (Wildman–Crippen MR) is 67.8 cm³/mol. The maximum Gasteiger partial charge on any atom is 0.255 e. The first-order valence-corrected chi connectivity index (χ1v) is 5.82. The molecule has 88 valence electrons.